The highest BCUT2D eigenvalue weighted by molar-refractivity contribution is 5.15. The van der Waals surface area contributed by atoms with Gasteiger partial charge in [0.15, 0.2) is 0 Å². The van der Waals surface area contributed by atoms with Gasteiger partial charge in [0.1, 0.15) is 0 Å². The molecule has 2 heteroatoms. The smallest absolute Gasteiger partial charge is 0.215 e. The fraction of sp³-hybridized carbons (Fsp3) is 0.444. The summed E-state index contributed by atoms with van der Waals surface area (Å²) in [6, 6.07) is 1.77. The van der Waals surface area contributed by atoms with Crippen LogP contribution in [0.15, 0.2) is 12.3 Å². The Kier molecular flexibility index (Phi) is 4.42. The van der Waals surface area contributed by atoms with Crippen molar-refractivity contribution in [3.63, 3.8) is 0 Å². The van der Waals surface area contributed by atoms with E-state index in [1.807, 2.05) is 20.8 Å². The molecule has 0 amide bonds. The number of aryl methyl sites for hydroxylation is 2. The van der Waals surface area contributed by atoms with Crippen LogP contribution in [0.1, 0.15) is 25.0 Å². The Morgan fingerprint density at radius 3 is 2.18 bits per heavy atom. The molecule has 0 spiro atoms. The molecule has 0 fully saturated rings. The summed E-state index contributed by atoms with van der Waals surface area (Å²) in [6.45, 7) is 7.59. The number of pyridine rings is 1. The van der Waals surface area contributed by atoms with Crippen molar-refractivity contribution in [3.8, 4) is 0 Å². The molecular formula is C9H14FN. The van der Waals surface area contributed by atoms with Crippen LogP contribution in [-0.4, -0.2) is 4.98 Å². The predicted octanol–water partition coefficient (Wildman–Crippen LogP) is 2.86. The standard InChI is InChI=1S/C7H8FN.C2H6/c1-5-3-6(2)7(8)9-4-5;1-2/h3-4H,1-2H3;1-2H3. The van der Waals surface area contributed by atoms with Crippen molar-refractivity contribution in [2.75, 3.05) is 0 Å². The SMILES string of the molecule is CC.Cc1cnc(F)c(C)c1. The first-order valence-electron chi connectivity index (χ1n) is 3.79. The van der Waals surface area contributed by atoms with Gasteiger partial charge in [-0.25, -0.2) is 4.98 Å². The molecule has 0 radical (unpaired) electrons. The summed E-state index contributed by atoms with van der Waals surface area (Å²) >= 11 is 0. The van der Waals surface area contributed by atoms with Crippen molar-refractivity contribution in [1.29, 1.82) is 0 Å². The van der Waals surface area contributed by atoms with Gasteiger partial charge >= 0.3 is 0 Å². The molecule has 1 heterocycles. The van der Waals surface area contributed by atoms with E-state index in [0.717, 1.165) is 5.56 Å². The first kappa shape index (κ1) is 10.1. The summed E-state index contributed by atoms with van der Waals surface area (Å²) in [5, 5.41) is 0. The minimum atomic E-state index is -0.374. The van der Waals surface area contributed by atoms with E-state index >= 15 is 0 Å². The lowest BCUT2D eigenvalue weighted by Gasteiger charge is -1.93. The van der Waals surface area contributed by atoms with Crippen molar-refractivity contribution in [3.05, 3.63) is 29.3 Å². The van der Waals surface area contributed by atoms with Crippen molar-refractivity contribution < 1.29 is 4.39 Å². The van der Waals surface area contributed by atoms with Crippen LogP contribution in [0, 0.1) is 19.8 Å². The first-order valence-corrected chi connectivity index (χ1v) is 3.79. The zero-order chi connectivity index (χ0) is 8.85. The van der Waals surface area contributed by atoms with Crippen LogP contribution in [0.2, 0.25) is 0 Å². The predicted molar refractivity (Wildman–Crippen MR) is 45.0 cm³/mol. The molecule has 1 aromatic heterocycles. The summed E-state index contributed by atoms with van der Waals surface area (Å²) in [6.07, 6.45) is 1.52. The maximum atomic E-state index is 12.4. The lowest BCUT2D eigenvalue weighted by Crippen LogP contribution is -1.87. The summed E-state index contributed by atoms with van der Waals surface area (Å²) < 4.78 is 12.4. The number of nitrogens with zero attached hydrogens (tertiary/aromatic N) is 1. The van der Waals surface area contributed by atoms with E-state index in [2.05, 4.69) is 4.98 Å². The molecule has 1 rings (SSSR count). The molecule has 0 saturated carbocycles. The van der Waals surface area contributed by atoms with E-state index < -0.39 is 0 Å². The zero-order valence-electron chi connectivity index (χ0n) is 7.48. The zero-order valence-corrected chi connectivity index (χ0v) is 7.48. The Hall–Kier alpha value is -0.920. The number of halogens is 1. The quantitative estimate of drug-likeness (QED) is 0.525. The van der Waals surface area contributed by atoms with Crippen LogP contribution in [0.5, 0.6) is 0 Å². The van der Waals surface area contributed by atoms with Gasteiger partial charge < -0.3 is 0 Å². The van der Waals surface area contributed by atoms with Crippen LogP contribution < -0.4 is 0 Å². The van der Waals surface area contributed by atoms with Crippen LogP contribution in [-0.2, 0) is 0 Å². The molecule has 0 aromatic carbocycles. The third-order valence-corrected chi connectivity index (χ3v) is 1.15. The molecule has 0 aliphatic rings. The van der Waals surface area contributed by atoms with Gasteiger partial charge in [-0.05, 0) is 19.4 Å². The van der Waals surface area contributed by atoms with E-state index in [1.165, 1.54) is 6.20 Å². The third-order valence-electron chi connectivity index (χ3n) is 1.15. The largest absolute Gasteiger partial charge is 0.228 e. The van der Waals surface area contributed by atoms with E-state index in [-0.39, 0.29) is 5.95 Å². The Balaban J connectivity index is 0.000000461. The van der Waals surface area contributed by atoms with Gasteiger partial charge in [0.25, 0.3) is 0 Å². The highest BCUT2D eigenvalue weighted by atomic mass is 19.1. The molecule has 11 heavy (non-hydrogen) atoms. The van der Waals surface area contributed by atoms with Crippen LogP contribution in [0.25, 0.3) is 0 Å². The minimum absolute atomic E-state index is 0.374. The summed E-state index contributed by atoms with van der Waals surface area (Å²) in [5.74, 6) is -0.374. The van der Waals surface area contributed by atoms with Crippen molar-refractivity contribution in [2.45, 2.75) is 27.7 Å². The summed E-state index contributed by atoms with van der Waals surface area (Å²) in [5.41, 5.74) is 1.60. The van der Waals surface area contributed by atoms with Crippen molar-refractivity contribution >= 4 is 0 Å². The van der Waals surface area contributed by atoms with Crippen LogP contribution in [0.4, 0.5) is 4.39 Å². The van der Waals surface area contributed by atoms with E-state index in [4.69, 9.17) is 0 Å². The number of aromatic nitrogens is 1. The lowest BCUT2D eigenvalue weighted by atomic mass is 10.2. The topological polar surface area (TPSA) is 12.9 Å². The number of hydrogen-bond donors (Lipinski definition) is 0. The average molecular weight is 155 g/mol. The number of hydrogen-bond acceptors (Lipinski definition) is 1. The molecular weight excluding hydrogens is 141 g/mol. The molecule has 1 aromatic rings. The Labute approximate surface area is 67.3 Å². The molecule has 0 bridgehead atoms. The average Bonchev–Trinajstić information content (AvgIpc) is 2.02. The monoisotopic (exact) mass is 155 g/mol. The van der Waals surface area contributed by atoms with Gasteiger partial charge in [-0.15, -0.1) is 0 Å². The van der Waals surface area contributed by atoms with Crippen LogP contribution in [0.3, 0.4) is 0 Å². The summed E-state index contributed by atoms with van der Waals surface area (Å²) in [7, 11) is 0. The highest BCUT2D eigenvalue weighted by Gasteiger charge is 1.94. The van der Waals surface area contributed by atoms with Gasteiger partial charge in [0.2, 0.25) is 5.95 Å². The first-order chi connectivity index (χ1) is 5.20. The Bertz CT molecular complexity index is 221. The van der Waals surface area contributed by atoms with Crippen LogP contribution >= 0.6 is 0 Å². The maximum Gasteiger partial charge on any atom is 0.215 e. The Morgan fingerprint density at radius 1 is 1.27 bits per heavy atom. The third kappa shape index (κ3) is 3.12. The van der Waals surface area contributed by atoms with E-state index in [1.54, 1.807) is 13.0 Å². The fourth-order valence-corrected chi connectivity index (χ4v) is 0.699. The van der Waals surface area contributed by atoms with Gasteiger partial charge in [-0.3, -0.25) is 0 Å². The van der Waals surface area contributed by atoms with E-state index in [9.17, 15) is 4.39 Å². The van der Waals surface area contributed by atoms with Gasteiger partial charge in [0.05, 0.1) is 0 Å². The molecule has 0 atom stereocenters. The molecule has 0 aliphatic carbocycles. The second kappa shape index (κ2) is 4.83. The molecule has 0 saturated heterocycles. The molecule has 1 nitrogen and oxygen atoms in total. The number of rotatable bonds is 0. The molecule has 0 unspecified atom stereocenters. The molecule has 0 N–H and O–H groups in total. The molecule has 62 valence electrons. The second-order valence-corrected chi connectivity index (χ2v) is 2.12. The summed E-state index contributed by atoms with van der Waals surface area (Å²) in [4.78, 5) is 3.51. The van der Waals surface area contributed by atoms with E-state index in [0.29, 0.717) is 5.56 Å². The lowest BCUT2D eigenvalue weighted by molar-refractivity contribution is 0.573. The minimum Gasteiger partial charge on any atom is -0.228 e. The van der Waals surface area contributed by atoms with Gasteiger partial charge in [-0.1, -0.05) is 19.9 Å². The van der Waals surface area contributed by atoms with Crippen molar-refractivity contribution in [2.24, 2.45) is 0 Å². The highest BCUT2D eigenvalue weighted by Crippen LogP contribution is 2.03. The normalized spacial score (nSPS) is 8.45. The maximum absolute atomic E-state index is 12.4. The Morgan fingerprint density at radius 2 is 1.82 bits per heavy atom. The molecule has 0 aliphatic heterocycles. The van der Waals surface area contributed by atoms with Gasteiger partial charge in [-0.2, -0.15) is 4.39 Å². The van der Waals surface area contributed by atoms with Crippen molar-refractivity contribution in [1.82, 2.24) is 4.98 Å². The van der Waals surface area contributed by atoms with Gasteiger partial charge in [0, 0.05) is 11.8 Å². The fourth-order valence-electron chi connectivity index (χ4n) is 0.699. The second-order valence-electron chi connectivity index (χ2n) is 2.12.